The third-order valence-corrected chi connectivity index (χ3v) is 8.47. The number of halogens is 2. The highest BCUT2D eigenvalue weighted by atomic mass is 79.9. The molecule has 7 nitrogen and oxygen atoms in total. The Bertz CT molecular complexity index is 1100. The number of hydrogen-bond acceptors (Lipinski definition) is 4. The van der Waals surface area contributed by atoms with E-state index in [1.165, 1.54) is 32.4 Å². The number of benzene rings is 1. The second kappa shape index (κ2) is 12.5. The minimum Gasteiger partial charge on any atom is -0.351 e. The third kappa shape index (κ3) is 7.07. The fourth-order valence-corrected chi connectivity index (χ4v) is 6.37. The van der Waals surface area contributed by atoms with Gasteiger partial charge in [0.05, 0.1) is 0 Å². The van der Waals surface area contributed by atoms with Gasteiger partial charge in [0, 0.05) is 72.9 Å². The van der Waals surface area contributed by atoms with Gasteiger partial charge in [0.25, 0.3) is 0 Å². The van der Waals surface area contributed by atoms with Crippen LogP contribution in [0.5, 0.6) is 0 Å². The molecule has 5 rings (SSSR count). The van der Waals surface area contributed by atoms with Crippen molar-refractivity contribution in [3.8, 4) is 0 Å². The van der Waals surface area contributed by atoms with Crippen LogP contribution in [0.3, 0.4) is 0 Å². The van der Waals surface area contributed by atoms with Gasteiger partial charge in [-0.3, -0.25) is 9.78 Å². The van der Waals surface area contributed by atoms with Crippen LogP contribution in [0.2, 0.25) is 0 Å². The number of carbonyl (C=O) groups is 2. The second-order valence-electron chi connectivity index (χ2n) is 9.92. The van der Waals surface area contributed by atoms with Crippen molar-refractivity contribution in [2.75, 3.05) is 39.3 Å². The number of amides is 3. The summed E-state index contributed by atoms with van der Waals surface area (Å²) in [6, 6.07) is 6.36. The van der Waals surface area contributed by atoms with Crippen molar-refractivity contribution in [1.29, 1.82) is 0 Å². The Labute approximate surface area is 230 Å². The summed E-state index contributed by atoms with van der Waals surface area (Å²) < 4.78 is 2.29. The Hall–Kier alpha value is -1.97. The molecule has 2 aromatic rings. The molecule has 36 heavy (non-hydrogen) atoms. The van der Waals surface area contributed by atoms with Crippen molar-refractivity contribution >= 4 is 43.8 Å². The lowest BCUT2D eigenvalue weighted by molar-refractivity contribution is -0.133. The normalized spacial score (nSPS) is 17.9. The van der Waals surface area contributed by atoms with Crippen molar-refractivity contribution in [1.82, 2.24) is 20.1 Å². The molecule has 3 amide bonds. The molecule has 1 aromatic carbocycles. The van der Waals surface area contributed by atoms with E-state index in [1.54, 1.807) is 4.90 Å². The topological polar surface area (TPSA) is 91.6 Å². The van der Waals surface area contributed by atoms with E-state index in [9.17, 15) is 9.59 Å². The maximum absolute atomic E-state index is 12.1. The van der Waals surface area contributed by atoms with Gasteiger partial charge in [-0.05, 0) is 88.8 Å². The molecule has 3 aliphatic rings. The summed E-state index contributed by atoms with van der Waals surface area (Å²) in [5, 5.41) is 3.24. The third-order valence-electron chi connectivity index (χ3n) is 7.33. The zero-order chi connectivity index (χ0) is 25.7. The van der Waals surface area contributed by atoms with E-state index in [2.05, 4.69) is 67.3 Å². The number of aromatic nitrogens is 1. The lowest BCUT2D eigenvalue weighted by Gasteiger charge is -2.33. The van der Waals surface area contributed by atoms with Crippen LogP contribution in [0.15, 0.2) is 33.3 Å². The van der Waals surface area contributed by atoms with Gasteiger partial charge in [-0.15, -0.1) is 0 Å². The molecule has 9 heteroatoms. The van der Waals surface area contributed by atoms with E-state index in [4.69, 9.17) is 5.73 Å². The fourth-order valence-electron chi connectivity index (χ4n) is 5.23. The molecule has 3 heterocycles. The van der Waals surface area contributed by atoms with Crippen LogP contribution in [0.4, 0.5) is 4.79 Å². The number of aryl methyl sites for hydroxylation is 3. The van der Waals surface area contributed by atoms with Crippen molar-refractivity contribution < 1.29 is 9.59 Å². The van der Waals surface area contributed by atoms with Crippen LogP contribution < -0.4 is 11.1 Å². The molecule has 2 saturated heterocycles. The fraction of sp³-hybridized carbons (Fsp3) is 0.519. The Morgan fingerprint density at radius 2 is 1.72 bits per heavy atom. The smallest absolute Gasteiger partial charge is 0.314 e. The van der Waals surface area contributed by atoms with Crippen LogP contribution in [0, 0.1) is 12.8 Å². The molecule has 0 unspecified atom stereocenters. The monoisotopic (exact) mass is 619 g/mol. The number of hydrogen-bond donors (Lipinski definition) is 2. The zero-order valence-electron chi connectivity index (χ0n) is 20.9. The second-order valence-corrected chi connectivity index (χ2v) is 11.7. The number of likely N-dealkylation sites (tertiary alicyclic amines) is 1. The van der Waals surface area contributed by atoms with Crippen molar-refractivity contribution in [2.45, 2.75) is 45.4 Å². The highest BCUT2D eigenvalue weighted by molar-refractivity contribution is 9.10. The molecule has 0 atom stereocenters. The Morgan fingerprint density at radius 1 is 1.03 bits per heavy atom. The lowest BCUT2D eigenvalue weighted by Crippen LogP contribution is -2.47. The summed E-state index contributed by atoms with van der Waals surface area (Å²) in [4.78, 5) is 31.2. The SMILES string of the molecule is Cc1cc(Br)c2c(c1)CCc1cc(Br)cnc1C2.NC(=O)N1CCC(CC(=O)N2CCNCC2)CC1. The van der Waals surface area contributed by atoms with Gasteiger partial charge in [-0.25, -0.2) is 4.79 Å². The molecule has 3 N–H and O–H groups in total. The summed E-state index contributed by atoms with van der Waals surface area (Å²) in [5.41, 5.74) is 12.0. The van der Waals surface area contributed by atoms with E-state index < -0.39 is 0 Å². The van der Waals surface area contributed by atoms with Gasteiger partial charge in [-0.1, -0.05) is 22.0 Å². The predicted octanol–water partition coefficient (Wildman–Crippen LogP) is 4.20. The molecule has 0 spiro atoms. The van der Waals surface area contributed by atoms with E-state index in [-0.39, 0.29) is 11.9 Å². The van der Waals surface area contributed by atoms with E-state index >= 15 is 0 Å². The Balaban J connectivity index is 0.000000169. The van der Waals surface area contributed by atoms with E-state index in [1.807, 2.05) is 11.1 Å². The van der Waals surface area contributed by atoms with Gasteiger partial charge in [0.2, 0.25) is 5.91 Å². The number of urea groups is 1. The Kier molecular flexibility index (Phi) is 9.41. The number of piperidine rings is 1. The van der Waals surface area contributed by atoms with Gasteiger partial charge in [0.1, 0.15) is 0 Å². The summed E-state index contributed by atoms with van der Waals surface area (Å²) >= 11 is 7.20. The number of carbonyl (C=O) groups excluding carboxylic acids is 2. The van der Waals surface area contributed by atoms with Crippen LogP contribution in [-0.2, 0) is 24.1 Å². The molecule has 1 aliphatic carbocycles. The minimum atomic E-state index is -0.345. The summed E-state index contributed by atoms with van der Waals surface area (Å²) in [7, 11) is 0. The number of primary amides is 1. The summed E-state index contributed by atoms with van der Waals surface area (Å²) in [5.74, 6) is 0.664. The van der Waals surface area contributed by atoms with Crippen molar-refractivity contribution in [3.63, 3.8) is 0 Å². The number of piperazine rings is 1. The number of nitrogens with zero attached hydrogens (tertiary/aromatic N) is 3. The van der Waals surface area contributed by atoms with Gasteiger partial charge in [0.15, 0.2) is 0 Å². The molecule has 2 fully saturated rings. The first-order valence-corrected chi connectivity index (χ1v) is 14.3. The van der Waals surface area contributed by atoms with E-state index in [0.29, 0.717) is 25.4 Å². The van der Waals surface area contributed by atoms with Crippen LogP contribution in [0.1, 0.15) is 47.2 Å². The first kappa shape index (κ1) is 27.1. The molecule has 0 bridgehead atoms. The van der Waals surface area contributed by atoms with Crippen molar-refractivity contribution in [3.05, 3.63) is 61.3 Å². The highest BCUT2D eigenvalue weighted by Crippen LogP contribution is 2.31. The maximum Gasteiger partial charge on any atom is 0.314 e. The summed E-state index contributed by atoms with van der Waals surface area (Å²) in [6.45, 7) is 6.96. The molecule has 0 radical (unpaired) electrons. The first-order valence-electron chi connectivity index (χ1n) is 12.7. The average Bonchev–Trinajstić information content (AvgIpc) is 3.05. The molecule has 194 valence electrons. The molecule has 2 aliphatic heterocycles. The largest absolute Gasteiger partial charge is 0.351 e. The molecular formula is C27H35Br2N5O2. The number of pyridine rings is 1. The van der Waals surface area contributed by atoms with Crippen LogP contribution >= 0.6 is 31.9 Å². The van der Waals surface area contributed by atoms with Gasteiger partial charge < -0.3 is 20.9 Å². The maximum atomic E-state index is 12.1. The van der Waals surface area contributed by atoms with Gasteiger partial charge in [-0.2, -0.15) is 0 Å². The predicted molar refractivity (Wildman–Crippen MR) is 149 cm³/mol. The van der Waals surface area contributed by atoms with Gasteiger partial charge >= 0.3 is 6.03 Å². The van der Waals surface area contributed by atoms with E-state index in [0.717, 1.165) is 62.8 Å². The Morgan fingerprint density at radius 3 is 2.42 bits per heavy atom. The standard InChI is InChI=1S/C15H13Br2N.C12H22N4O2/c1-9-4-10-2-3-11-6-12(16)8-18-15(11)7-13(10)14(17)5-9;13-12(18)16-5-1-10(2-6-16)9-11(17)15-7-3-14-4-8-15/h4-6,8H,2-3,7H2,1H3;10,14H,1-9H2,(H2,13,18). The van der Waals surface area contributed by atoms with Crippen LogP contribution in [0.25, 0.3) is 0 Å². The van der Waals surface area contributed by atoms with Crippen molar-refractivity contribution in [2.24, 2.45) is 11.7 Å². The van der Waals surface area contributed by atoms with Crippen LogP contribution in [-0.4, -0.2) is 66.0 Å². The highest BCUT2D eigenvalue weighted by Gasteiger charge is 2.25. The lowest BCUT2D eigenvalue weighted by atomic mass is 9.93. The minimum absolute atomic E-state index is 0.258. The molecular weight excluding hydrogens is 586 g/mol. The number of fused-ring (bicyclic) bond motifs is 2. The molecule has 1 aromatic heterocycles. The number of nitrogens with two attached hydrogens (primary N) is 1. The quantitative estimate of drug-likeness (QED) is 0.526. The zero-order valence-corrected chi connectivity index (χ0v) is 24.0. The average molecular weight is 621 g/mol. The first-order chi connectivity index (χ1) is 17.3. The summed E-state index contributed by atoms with van der Waals surface area (Å²) in [6.07, 6.45) is 7.39. The number of rotatable bonds is 2. The molecule has 0 saturated carbocycles. The number of nitrogens with one attached hydrogen (secondary N) is 1.